The summed E-state index contributed by atoms with van der Waals surface area (Å²) in [6.45, 7) is -1.97. The summed E-state index contributed by atoms with van der Waals surface area (Å²) in [5.41, 5.74) is 0.484. The van der Waals surface area contributed by atoms with Gasteiger partial charge in [-0.1, -0.05) is 23.7 Å². The predicted octanol–water partition coefficient (Wildman–Crippen LogP) is 4.43. The van der Waals surface area contributed by atoms with Crippen molar-refractivity contribution in [3.63, 3.8) is 0 Å². The van der Waals surface area contributed by atoms with Crippen molar-refractivity contribution in [2.45, 2.75) is 23.9 Å². The van der Waals surface area contributed by atoms with E-state index in [2.05, 4.69) is 9.46 Å². The minimum Gasteiger partial charge on any atom is -0.370 e. The van der Waals surface area contributed by atoms with E-state index in [4.69, 9.17) is 16.9 Å². The van der Waals surface area contributed by atoms with Gasteiger partial charge in [0.05, 0.1) is 27.8 Å². The zero-order valence-electron chi connectivity index (χ0n) is 14.0. The van der Waals surface area contributed by atoms with Crippen LogP contribution in [0.15, 0.2) is 47.4 Å². The zero-order chi connectivity index (χ0) is 20.9. The van der Waals surface area contributed by atoms with Crippen molar-refractivity contribution in [3.8, 4) is 6.07 Å². The lowest BCUT2D eigenvalue weighted by molar-refractivity contribution is -0.168. The second-order valence-corrected chi connectivity index (χ2v) is 7.70. The number of anilines is 1. The highest BCUT2D eigenvalue weighted by atomic mass is 35.5. The highest BCUT2D eigenvalue weighted by molar-refractivity contribution is 7.92. The van der Waals surface area contributed by atoms with E-state index in [0.29, 0.717) is 0 Å². The van der Waals surface area contributed by atoms with Crippen LogP contribution >= 0.6 is 11.6 Å². The average Bonchev–Trinajstić information content (AvgIpc) is 2.61. The Kier molecular flexibility index (Phi) is 6.87. The van der Waals surface area contributed by atoms with Crippen LogP contribution < -0.4 is 4.72 Å². The maximum Gasteiger partial charge on any atom is 0.330 e. The van der Waals surface area contributed by atoms with Crippen LogP contribution in [-0.4, -0.2) is 27.4 Å². The van der Waals surface area contributed by atoms with Gasteiger partial charge in [0.15, 0.2) is 0 Å². The van der Waals surface area contributed by atoms with Gasteiger partial charge in [0, 0.05) is 0 Å². The molecule has 0 aliphatic carbocycles. The number of hydrogen-bond acceptors (Lipinski definition) is 4. The van der Waals surface area contributed by atoms with Crippen molar-refractivity contribution >= 4 is 27.3 Å². The van der Waals surface area contributed by atoms with E-state index in [1.54, 1.807) is 0 Å². The first-order valence-corrected chi connectivity index (χ1v) is 9.46. The maximum absolute atomic E-state index is 12.8. The topological polar surface area (TPSA) is 79.2 Å². The molecule has 0 spiro atoms. The summed E-state index contributed by atoms with van der Waals surface area (Å²) in [7, 11) is -4.05. The Balaban J connectivity index is 2.11. The molecule has 0 unspecified atom stereocenters. The van der Waals surface area contributed by atoms with Crippen molar-refractivity contribution in [1.29, 1.82) is 5.26 Å². The Morgan fingerprint density at radius 3 is 2.54 bits per heavy atom. The quantitative estimate of drug-likeness (QED) is 0.621. The molecule has 0 amide bonds. The van der Waals surface area contributed by atoms with Gasteiger partial charge in [0.2, 0.25) is 0 Å². The summed E-state index contributed by atoms with van der Waals surface area (Å²) < 4.78 is 81.6. The largest absolute Gasteiger partial charge is 0.370 e. The Hall–Kier alpha value is -2.35. The molecule has 11 heteroatoms. The highest BCUT2D eigenvalue weighted by Crippen LogP contribution is 2.25. The predicted molar refractivity (Wildman–Crippen MR) is 94.0 cm³/mol. The van der Waals surface area contributed by atoms with E-state index in [1.807, 2.05) is 6.07 Å². The molecule has 1 N–H and O–H groups in total. The molecule has 0 bridgehead atoms. The van der Waals surface area contributed by atoms with Gasteiger partial charge in [-0.25, -0.2) is 17.2 Å². The molecule has 28 heavy (non-hydrogen) atoms. The van der Waals surface area contributed by atoms with E-state index in [1.165, 1.54) is 36.4 Å². The third-order valence-electron chi connectivity index (χ3n) is 3.43. The Morgan fingerprint density at radius 2 is 1.93 bits per heavy atom. The van der Waals surface area contributed by atoms with E-state index in [9.17, 15) is 26.0 Å². The molecule has 150 valence electrons. The van der Waals surface area contributed by atoms with Crippen molar-refractivity contribution in [3.05, 3.63) is 58.6 Å². The van der Waals surface area contributed by atoms with Crippen LogP contribution in [0.25, 0.3) is 0 Å². The Morgan fingerprint density at radius 1 is 1.21 bits per heavy atom. The second-order valence-electron chi connectivity index (χ2n) is 5.61. The molecule has 5 nitrogen and oxygen atoms in total. The minimum atomic E-state index is -4.29. The average molecular weight is 437 g/mol. The molecule has 0 aliphatic rings. The van der Waals surface area contributed by atoms with E-state index < -0.39 is 35.6 Å². The first-order chi connectivity index (χ1) is 13.0. The molecule has 2 aromatic rings. The van der Waals surface area contributed by atoms with Crippen molar-refractivity contribution < 1.29 is 30.7 Å². The van der Waals surface area contributed by atoms with Crippen LogP contribution in [0.2, 0.25) is 5.02 Å². The Labute approximate surface area is 163 Å². The third-order valence-corrected chi connectivity index (χ3v) is 5.12. The summed E-state index contributed by atoms with van der Waals surface area (Å²) >= 11 is 5.86. The van der Waals surface area contributed by atoms with Gasteiger partial charge < -0.3 is 4.74 Å². The molecule has 0 fully saturated rings. The lowest BCUT2D eigenvalue weighted by Crippen LogP contribution is -2.32. The van der Waals surface area contributed by atoms with Crippen LogP contribution in [0.1, 0.15) is 11.1 Å². The number of benzene rings is 2. The maximum atomic E-state index is 12.8. The summed E-state index contributed by atoms with van der Waals surface area (Å²) in [6.07, 6.45) is -3.86. The number of sulfonamides is 1. The van der Waals surface area contributed by atoms with Crippen LogP contribution in [-0.2, 0) is 21.4 Å². The first kappa shape index (κ1) is 21.9. The van der Waals surface area contributed by atoms with Crippen LogP contribution in [0.4, 0.5) is 23.2 Å². The second kappa shape index (κ2) is 8.77. The summed E-state index contributed by atoms with van der Waals surface area (Å²) in [4.78, 5) is -0.199. The Bertz CT molecular complexity index is 994. The zero-order valence-corrected chi connectivity index (χ0v) is 15.6. The number of halogens is 5. The molecular formula is C17H13ClF4N2O3S. The van der Waals surface area contributed by atoms with E-state index in [-0.39, 0.29) is 26.7 Å². The molecule has 0 radical (unpaired) electrons. The number of nitrogens with one attached hydrogen (secondary N) is 1. The van der Waals surface area contributed by atoms with Crippen molar-refractivity contribution in [1.82, 2.24) is 0 Å². The fourth-order valence-corrected chi connectivity index (χ4v) is 3.40. The van der Waals surface area contributed by atoms with Gasteiger partial charge in [0.25, 0.3) is 10.0 Å². The fraction of sp³-hybridized carbons (Fsp3) is 0.235. The van der Waals surface area contributed by atoms with Gasteiger partial charge in [-0.05, 0) is 35.9 Å². The highest BCUT2D eigenvalue weighted by Gasteiger charge is 2.40. The van der Waals surface area contributed by atoms with Gasteiger partial charge in [-0.3, -0.25) is 4.72 Å². The third kappa shape index (κ3) is 5.58. The van der Waals surface area contributed by atoms with Gasteiger partial charge >= 0.3 is 12.3 Å². The van der Waals surface area contributed by atoms with Crippen molar-refractivity contribution in [2.24, 2.45) is 0 Å². The molecule has 0 aliphatic heterocycles. The molecule has 0 atom stereocenters. The lowest BCUT2D eigenvalue weighted by Gasteiger charge is -2.15. The van der Waals surface area contributed by atoms with E-state index in [0.717, 1.165) is 6.07 Å². The number of alkyl halides is 4. The molecule has 0 saturated heterocycles. The molecule has 2 rings (SSSR count). The SMILES string of the molecule is N#Cc1ccc(NS(=O)(=O)c2cccc(COCC(F)(F)C(F)F)c2)cc1Cl. The van der Waals surface area contributed by atoms with Crippen LogP contribution in [0.3, 0.4) is 0 Å². The van der Waals surface area contributed by atoms with Crippen molar-refractivity contribution in [2.75, 3.05) is 11.3 Å². The molecular weight excluding hydrogens is 424 g/mol. The fourth-order valence-electron chi connectivity index (χ4n) is 2.05. The molecule has 2 aromatic carbocycles. The molecule has 0 saturated carbocycles. The van der Waals surface area contributed by atoms with Gasteiger partial charge in [-0.2, -0.15) is 14.0 Å². The van der Waals surface area contributed by atoms with E-state index >= 15 is 0 Å². The smallest absolute Gasteiger partial charge is 0.330 e. The number of rotatable bonds is 8. The number of hydrogen-bond donors (Lipinski definition) is 1. The van der Waals surface area contributed by atoms with Gasteiger partial charge in [0.1, 0.15) is 12.7 Å². The summed E-state index contributed by atoms with van der Waals surface area (Å²) in [5.74, 6) is -4.29. The molecule has 0 heterocycles. The number of nitrogens with zero attached hydrogens (tertiary/aromatic N) is 1. The monoisotopic (exact) mass is 436 g/mol. The summed E-state index contributed by atoms with van der Waals surface area (Å²) in [6, 6.07) is 11.0. The van der Waals surface area contributed by atoms with Crippen LogP contribution in [0.5, 0.6) is 0 Å². The normalized spacial score (nSPS) is 12.0. The summed E-state index contributed by atoms with van der Waals surface area (Å²) in [5, 5.41) is 8.89. The molecule has 0 aromatic heterocycles. The number of nitriles is 1. The lowest BCUT2D eigenvalue weighted by atomic mass is 10.2. The first-order valence-electron chi connectivity index (χ1n) is 7.60. The van der Waals surface area contributed by atoms with Crippen LogP contribution in [0, 0.1) is 11.3 Å². The number of ether oxygens (including phenoxy) is 1. The minimum absolute atomic E-state index is 0.0600. The van der Waals surface area contributed by atoms with Gasteiger partial charge in [-0.15, -0.1) is 0 Å². The standard InChI is InChI=1S/C17H13ClF4N2O3S/c18-15-7-13(5-4-12(15)8-23)24-28(25,26)14-3-1-2-11(6-14)9-27-10-17(21,22)16(19)20/h1-7,16,24H,9-10H2.